The number of guanidine groups is 1. The van der Waals surface area contributed by atoms with Gasteiger partial charge in [0.05, 0.1) is 17.8 Å². The molecule has 0 aromatic heterocycles. The number of nitrogens with one attached hydrogen (secondary N) is 2. The van der Waals surface area contributed by atoms with Gasteiger partial charge in [0.25, 0.3) is 0 Å². The van der Waals surface area contributed by atoms with Gasteiger partial charge in [-0.25, -0.2) is 0 Å². The van der Waals surface area contributed by atoms with Crippen molar-refractivity contribution in [3.63, 3.8) is 0 Å². The lowest BCUT2D eigenvalue weighted by Crippen LogP contribution is -2.51. The van der Waals surface area contributed by atoms with Crippen molar-refractivity contribution >= 4 is 46.4 Å². The van der Waals surface area contributed by atoms with E-state index in [4.69, 9.17) is 0 Å². The summed E-state index contributed by atoms with van der Waals surface area (Å²) in [6.07, 6.45) is 2.10. The normalized spacial score (nSPS) is 17.1. The van der Waals surface area contributed by atoms with Crippen LogP contribution in [0.5, 0.6) is 0 Å². The highest BCUT2D eigenvalue weighted by molar-refractivity contribution is 14.0. The molecule has 0 aliphatic carbocycles. The Labute approximate surface area is 211 Å². The topological polar surface area (TPSA) is 80.5 Å². The summed E-state index contributed by atoms with van der Waals surface area (Å²) < 4.78 is 12.4. The van der Waals surface area contributed by atoms with Gasteiger partial charge in [0, 0.05) is 48.0 Å². The van der Waals surface area contributed by atoms with Crippen molar-refractivity contribution < 1.29 is 4.21 Å². The largest absolute Gasteiger partial charge is 0.368 e. The van der Waals surface area contributed by atoms with Crippen molar-refractivity contribution in [2.75, 3.05) is 36.8 Å². The Bertz CT molecular complexity index is 931. The van der Waals surface area contributed by atoms with Gasteiger partial charge in [-0.05, 0) is 37.5 Å². The van der Waals surface area contributed by atoms with Crippen molar-refractivity contribution in [3.8, 4) is 6.07 Å². The number of aliphatic imine (C=N–C) groups is 1. The van der Waals surface area contributed by atoms with Crippen LogP contribution in [0.3, 0.4) is 0 Å². The maximum atomic E-state index is 12.4. The minimum Gasteiger partial charge on any atom is -0.368 e. The zero-order valence-electron chi connectivity index (χ0n) is 18.5. The Morgan fingerprint density at radius 3 is 2.72 bits per heavy atom. The van der Waals surface area contributed by atoms with Crippen molar-refractivity contribution in [2.45, 2.75) is 31.6 Å². The van der Waals surface area contributed by atoms with E-state index < -0.39 is 10.8 Å². The number of hydrogen-bond acceptors (Lipinski definition) is 4. The van der Waals surface area contributed by atoms with Gasteiger partial charge in [0.2, 0.25) is 0 Å². The number of nitriles is 1. The van der Waals surface area contributed by atoms with Crippen LogP contribution in [0.15, 0.2) is 59.6 Å². The molecule has 1 aliphatic heterocycles. The molecular formula is C24H32IN5OS. The fraction of sp³-hybridized carbons (Fsp3) is 0.417. The molecule has 2 N–H and O–H groups in total. The van der Waals surface area contributed by atoms with Crippen molar-refractivity contribution in [1.29, 1.82) is 5.26 Å². The van der Waals surface area contributed by atoms with Crippen molar-refractivity contribution in [3.05, 3.63) is 65.7 Å². The van der Waals surface area contributed by atoms with Crippen LogP contribution in [0.4, 0.5) is 5.69 Å². The number of halogens is 1. The number of piperidine rings is 1. The number of hydrogen-bond donors (Lipinski definition) is 2. The molecule has 0 amide bonds. The lowest BCUT2D eigenvalue weighted by molar-refractivity contribution is 0.468. The van der Waals surface area contributed by atoms with Gasteiger partial charge in [0.15, 0.2) is 5.96 Å². The summed E-state index contributed by atoms with van der Waals surface area (Å²) >= 11 is 0. The Morgan fingerprint density at radius 1 is 1.22 bits per heavy atom. The van der Waals surface area contributed by atoms with Crippen LogP contribution in [0, 0.1) is 11.3 Å². The summed E-state index contributed by atoms with van der Waals surface area (Å²) in [5, 5.41) is 16.3. The lowest BCUT2D eigenvalue weighted by atomic mass is 10.0. The quantitative estimate of drug-likeness (QED) is 0.290. The standard InChI is InChI=1S/C24H31N5OS.HI/c1-2-26-24(27-14-16-31(30)19-20-9-4-3-5-10-20)28-22-12-8-15-29(18-22)23-13-7-6-11-21(23)17-25;/h3-7,9-11,13,22H,2,8,12,14-16,18-19H2,1H3,(H2,26,27,28);1H. The van der Waals surface area contributed by atoms with E-state index in [1.807, 2.05) is 61.5 Å². The maximum absolute atomic E-state index is 12.4. The van der Waals surface area contributed by atoms with E-state index in [-0.39, 0.29) is 30.0 Å². The first-order chi connectivity index (χ1) is 15.2. The predicted octanol–water partition coefficient (Wildman–Crippen LogP) is 3.65. The monoisotopic (exact) mass is 565 g/mol. The molecule has 0 bridgehead atoms. The van der Waals surface area contributed by atoms with Gasteiger partial charge in [-0.2, -0.15) is 5.26 Å². The Hall–Kier alpha value is -2.12. The molecule has 2 aromatic rings. The second kappa shape index (κ2) is 14.1. The fourth-order valence-electron chi connectivity index (χ4n) is 3.76. The van der Waals surface area contributed by atoms with Gasteiger partial charge in [0.1, 0.15) is 6.07 Å². The molecule has 1 heterocycles. The van der Waals surface area contributed by atoms with E-state index in [0.717, 1.165) is 49.7 Å². The van der Waals surface area contributed by atoms with E-state index in [1.54, 1.807) is 0 Å². The molecule has 1 fully saturated rings. The number of rotatable bonds is 8. The van der Waals surface area contributed by atoms with Crippen LogP contribution in [0.25, 0.3) is 0 Å². The van der Waals surface area contributed by atoms with E-state index in [2.05, 4.69) is 26.6 Å². The van der Waals surface area contributed by atoms with E-state index >= 15 is 0 Å². The Morgan fingerprint density at radius 2 is 1.97 bits per heavy atom. The molecule has 6 nitrogen and oxygen atoms in total. The van der Waals surface area contributed by atoms with Gasteiger partial charge in [-0.15, -0.1) is 24.0 Å². The van der Waals surface area contributed by atoms with Crippen LogP contribution < -0.4 is 15.5 Å². The van der Waals surface area contributed by atoms with E-state index in [0.29, 0.717) is 23.6 Å². The molecule has 3 rings (SSSR count). The second-order valence-corrected chi connectivity index (χ2v) is 9.17. The van der Waals surface area contributed by atoms with Crippen LogP contribution in [-0.4, -0.2) is 48.1 Å². The van der Waals surface area contributed by atoms with E-state index in [1.165, 1.54) is 0 Å². The van der Waals surface area contributed by atoms with Gasteiger partial charge in [-0.3, -0.25) is 9.20 Å². The third-order valence-corrected chi connectivity index (χ3v) is 6.52. The van der Waals surface area contributed by atoms with Crippen LogP contribution in [0.1, 0.15) is 30.9 Å². The van der Waals surface area contributed by atoms with Gasteiger partial charge in [-0.1, -0.05) is 42.5 Å². The number of para-hydroxylation sites is 1. The van der Waals surface area contributed by atoms with Crippen LogP contribution in [-0.2, 0) is 16.6 Å². The highest BCUT2D eigenvalue weighted by Gasteiger charge is 2.22. The first-order valence-electron chi connectivity index (χ1n) is 10.9. The smallest absolute Gasteiger partial charge is 0.191 e. The Kier molecular flexibility index (Phi) is 11.5. The molecule has 1 saturated heterocycles. The summed E-state index contributed by atoms with van der Waals surface area (Å²) in [6.45, 7) is 5.10. The van der Waals surface area contributed by atoms with Crippen LogP contribution >= 0.6 is 24.0 Å². The number of nitrogens with zero attached hydrogens (tertiary/aromatic N) is 3. The molecular weight excluding hydrogens is 533 g/mol. The maximum Gasteiger partial charge on any atom is 0.191 e. The van der Waals surface area contributed by atoms with Crippen LogP contribution in [0.2, 0.25) is 0 Å². The SMILES string of the molecule is CCNC(=NCCS(=O)Cc1ccccc1)NC1CCCN(c2ccccc2C#N)C1.I. The molecule has 0 spiro atoms. The lowest BCUT2D eigenvalue weighted by Gasteiger charge is -2.35. The zero-order chi connectivity index (χ0) is 21.9. The molecule has 32 heavy (non-hydrogen) atoms. The number of anilines is 1. The predicted molar refractivity (Wildman–Crippen MR) is 144 cm³/mol. The minimum atomic E-state index is -0.934. The second-order valence-electron chi connectivity index (χ2n) is 7.59. The van der Waals surface area contributed by atoms with Gasteiger partial charge >= 0.3 is 0 Å². The number of benzene rings is 2. The molecule has 0 radical (unpaired) electrons. The minimum absolute atomic E-state index is 0. The highest BCUT2D eigenvalue weighted by Crippen LogP contribution is 2.23. The summed E-state index contributed by atoms with van der Waals surface area (Å²) in [7, 11) is -0.934. The average molecular weight is 566 g/mol. The van der Waals surface area contributed by atoms with E-state index in [9.17, 15) is 9.47 Å². The fourth-order valence-corrected chi connectivity index (χ4v) is 4.77. The first kappa shape index (κ1) is 26.1. The Balaban J connectivity index is 0.00000363. The summed E-state index contributed by atoms with van der Waals surface area (Å²) in [6, 6.07) is 20.2. The highest BCUT2D eigenvalue weighted by atomic mass is 127. The molecule has 2 unspecified atom stereocenters. The third kappa shape index (κ3) is 8.10. The molecule has 8 heteroatoms. The van der Waals surface area contributed by atoms with Gasteiger partial charge < -0.3 is 15.5 Å². The summed E-state index contributed by atoms with van der Waals surface area (Å²) in [5.41, 5.74) is 2.80. The zero-order valence-corrected chi connectivity index (χ0v) is 21.6. The molecule has 1 aliphatic rings. The summed E-state index contributed by atoms with van der Waals surface area (Å²) in [4.78, 5) is 6.93. The summed E-state index contributed by atoms with van der Waals surface area (Å²) in [5.74, 6) is 1.87. The molecule has 172 valence electrons. The van der Waals surface area contributed by atoms with Crippen molar-refractivity contribution in [2.24, 2.45) is 4.99 Å². The first-order valence-corrected chi connectivity index (χ1v) is 12.4. The molecule has 2 aromatic carbocycles. The molecule has 0 saturated carbocycles. The van der Waals surface area contributed by atoms with Crippen molar-refractivity contribution in [1.82, 2.24) is 10.6 Å². The molecule has 2 atom stereocenters. The average Bonchev–Trinajstić information content (AvgIpc) is 2.80. The third-order valence-electron chi connectivity index (χ3n) is 5.23.